The van der Waals surface area contributed by atoms with E-state index in [1.54, 1.807) is 0 Å². The van der Waals surface area contributed by atoms with Crippen LogP contribution in [0.3, 0.4) is 0 Å². The van der Waals surface area contributed by atoms with Gasteiger partial charge in [0.25, 0.3) is 0 Å². The van der Waals surface area contributed by atoms with E-state index in [-0.39, 0.29) is 12.4 Å². The minimum atomic E-state index is -1.33. The molecule has 0 aromatic carbocycles. The summed E-state index contributed by atoms with van der Waals surface area (Å²) in [5.41, 5.74) is 17.7. The van der Waals surface area contributed by atoms with Gasteiger partial charge in [0.2, 0.25) is 0 Å². The SMILES string of the molecule is Nc1ncnc2c1ncn2[C@@H]1O[C@H](COC(=O)[C@@H](N)CCSSCCC(N)C(=O)O)[C@@H](O)[C@H]1O. The van der Waals surface area contributed by atoms with Crippen LogP contribution in [0.15, 0.2) is 12.7 Å². The van der Waals surface area contributed by atoms with E-state index in [9.17, 15) is 19.8 Å². The molecule has 6 atom stereocenters. The number of rotatable bonds is 12. The number of aromatic nitrogens is 4. The van der Waals surface area contributed by atoms with Crippen LogP contribution < -0.4 is 17.2 Å². The number of esters is 1. The van der Waals surface area contributed by atoms with Gasteiger partial charge in [-0.2, -0.15) is 0 Å². The van der Waals surface area contributed by atoms with Gasteiger partial charge in [0.15, 0.2) is 17.7 Å². The number of hydrogen-bond acceptors (Lipinski definition) is 14. The molecule has 1 aliphatic heterocycles. The highest BCUT2D eigenvalue weighted by Gasteiger charge is 2.45. The number of nitrogens with two attached hydrogens (primary N) is 3. The van der Waals surface area contributed by atoms with E-state index in [1.807, 2.05) is 0 Å². The van der Waals surface area contributed by atoms with Crippen molar-refractivity contribution in [2.45, 2.75) is 49.5 Å². The number of nitrogens with zero attached hydrogens (tertiary/aromatic N) is 4. The number of fused-ring (bicyclic) bond motifs is 1. The maximum Gasteiger partial charge on any atom is 0.323 e. The minimum Gasteiger partial charge on any atom is -0.480 e. The second-order valence-corrected chi connectivity index (χ2v) is 10.2. The molecule has 0 spiro atoms. The van der Waals surface area contributed by atoms with Crippen LogP contribution >= 0.6 is 21.6 Å². The first-order chi connectivity index (χ1) is 16.2. The number of hydrogen-bond donors (Lipinski definition) is 6. The molecule has 9 N–H and O–H groups in total. The maximum absolute atomic E-state index is 12.2. The van der Waals surface area contributed by atoms with Crippen molar-refractivity contribution in [2.24, 2.45) is 11.5 Å². The molecule has 3 heterocycles. The van der Waals surface area contributed by atoms with Gasteiger partial charge in [0.1, 0.15) is 48.8 Å². The molecule has 1 fully saturated rings. The normalized spacial score (nSPS) is 24.2. The van der Waals surface area contributed by atoms with Gasteiger partial charge < -0.3 is 42.0 Å². The number of imidazole rings is 1. The van der Waals surface area contributed by atoms with E-state index < -0.39 is 48.6 Å². The van der Waals surface area contributed by atoms with E-state index in [0.29, 0.717) is 35.5 Å². The first-order valence-corrected chi connectivity index (χ1v) is 12.8. The van der Waals surface area contributed by atoms with Crippen molar-refractivity contribution in [1.82, 2.24) is 19.5 Å². The fraction of sp³-hybridized carbons (Fsp3) is 0.611. The zero-order valence-corrected chi connectivity index (χ0v) is 19.6. The van der Waals surface area contributed by atoms with E-state index in [0.717, 1.165) is 0 Å². The van der Waals surface area contributed by atoms with Crippen molar-refractivity contribution in [3.05, 3.63) is 12.7 Å². The summed E-state index contributed by atoms with van der Waals surface area (Å²) in [5, 5.41) is 29.5. The number of aliphatic hydroxyl groups is 2. The number of carbonyl (C=O) groups is 2. The number of carboxylic acid groups (broad SMARTS) is 1. The number of anilines is 1. The lowest BCUT2D eigenvalue weighted by Gasteiger charge is -2.17. The second-order valence-electron chi connectivity index (χ2n) is 7.53. The molecule has 0 radical (unpaired) electrons. The first kappa shape index (κ1) is 26.4. The zero-order valence-electron chi connectivity index (χ0n) is 18.0. The molecule has 34 heavy (non-hydrogen) atoms. The highest BCUT2D eigenvalue weighted by molar-refractivity contribution is 8.76. The molecule has 14 nitrogen and oxygen atoms in total. The van der Waals surface area contributed by atoms with Crippen LogP contribution in [0.25, 0.3) is 11.2 Å². The van der Waals surface area contributed by atoms with Gasteiger partial charge in [-0.3, -0.25) is 14.2 Å². The number of aliphatic carboxylic acids is 1. The number of ether oxygens (including phenoxy) is 2. The molecule has 1 aliphatic rings. The van der Waals surface area contributed by atoms with E-state index in [2.05, 4.69) is 15.0 Å². The summed E-state index contributed by atoms with van der Waals surface area (Å²) in [4.78, 5) is 34.9. The Labute approximate surface area is 202 Å². The predicted octanol–water partition coefficient (Wildman–Crippen LogP) is -1.53. The number of carboxylic acids is 1. The lowest BCUT2D eigenvalue weighted by Crippen LogP contribution is -2.38. The second kappa shape index (κ2) is 12.0. The molecule has 188 valence electrons. The first-order valence-electron chi connectivity index (χ1n) is 10.3. The number of aliphatic hydroxyl groups excluding tert-OH is 2. The summed E-state index contributed by atoms with van der Waals surface area (Å²) in [5.74, 6) is -0.436. The van der Waals surface area contributed by atoms with Gasteiger partial charge in [-0.25, -0.2) is 15.0 Å². The summed E-state index contributed by atoms with van der Waals surface area (Å²) in [6.45, 7) is -0.306. The summed E-state index contributed by atoms with van der Waals surface area (Å²) in [7, 11) is 2.90. The van der Waals surface area contributed by atoms with Crippen molar-refractivity contribution in [3.8, 4) is 0 Å². The number of nitrogen functional groups attached to an aromatic ring is 1. The van der Waals surface area contributed by atoms with Crippen LogP contribution in [0.1, 0.15) is 19.1 Å². The Hall–Kier alpha value is -2.21. The van der Waals surface area contributed by atoms with Crippen LogP contribution in [0.2, 0.25) is 0 Å². The van der Waals surface area contributed by atoms with Crippen LogP contribution in [0.4, 0.5) is 5.82 Å². The standard InChI is InChI=1S/C18H27N7O7S2/c19-8(17(28)29)1-3-33-34-4-2-9(20)18(30)31-5-10-12(26)13(27)16(32-10)25-7-24-11-14(21)22-6-23-15(11)25/h6-10,12-13,16,26-27H,1-5,19-20H2,(H,28,29)(H2,21,22,23)/t8?,9-,10+,12+,13+,16+/m0/s1. The fourth-order valence-electron chi connectivity index (χ4n) is 3.13. The Morgan fingerprint density at radius 1 is 1.12 bits per heavy atom. The lowest BCUT2D eigenvalue weighted by atomic mass is 10.1. The molecule has 0 saturated carbocycles. The summed E-state index contributed by atoms with van der Waals surface area (Å²) in [6.07, 6.45) is -1.37. The molecular formula is C18H27N7O7S2. The molecule has 0 bridgehead atoms. The molecule has 0 amide bonds. The average Bonchev–Trinajstić information content (AvgIpc) is 3.36. The Bertz CT molecular complexity index is 997. The predicted molar refractivity (Wildman–Crippen MR) is 124 cm³/mol. The lowest BCUT2D eigenvalue weighted by molar-refractivity contribution is -0.151. The van der Waals surface area contributed by atoms with Crippen molar-refractivity contribution in [1.29, 1.82) is 0 Å². The molecule has 0 aliphatic carbocycles. The summed E-state index contributed by atoms with van der Waals surface area (Å²) < 4.78 is 12.3. The molecule has 1 unspecified atom stereocenters. The van der Waals surface area contributed by atoms with E-state index >= 15 is 0 Å². The quantitative estimate of drug-likeness (QED) is 0.106. The van der Waals surface area contributed by atoms with Crippen LogP contribution in [-0.2, 0) is 19.1 Å². The Morgan fingerprint density at radius 3 is 2.47 bits per heavy atom. The molecule has 2 aromatic heterocycles. The highest BCUT2D eigenvalue weighted by atomic mass is 33.1. The maximum atomic E-state index is 12.2. The smallest absolute Gasteiger partial charge is 0.323 e. The summed E-state index contributed by atoms with van der Waals surface area (Å²) in [6, 6.07) is -1.78. The van der Waals surface area contributed by atoms with Crippen LogP contribution in [0.5, 0.6) is 0 Å². The van der Waals surface area contributed by atoms with E-state index in [4.69, 9.17) is 31.8 Å². The van der Waals surface area contributed by atoms with Gasteiger partial charge in [-0.15, -0.1) is 0 Å². The third kappa shape index (κ3) is 6.26. The Morgan fingerprint density at radius 2 is 1.79 bits per heavy atom. The highest BCUT2D eigenvalue weighted by Crippen LogP contribution is 2.32. The third-order valence-electron chi connectivity index (χ3n) is 5.12. The van der Waals surface area contributed by atoms with Gasteiger partial charge in [-0.1, -0.05) is 21.6 Å². The van der Waals surface area contributed by atoms with Gasteiger partial charge in [-0.05, 0) is 12.8 Å². The van der Waals surface area contributed by atoms with Crippen molar-refractivity contribution < 1.29 is 34.4 Å². The molecular weight excluding hydrogens is 490 g/mol. The molecule has 3 rings (SSSR count). The van der Waals surface area contributed by atoms with Gasteiger partial charge in [0, 0.05) is 11.5 Å². The fourth-order valence-corrected chi connectivity index (χ4v) is 5.35. The average molecular weight is 518 g/mol. The Balaban J connectivity index is 1.43. The van der Waals surface area contributed by atoms with Gasteiger partial charge in [0.05, 0.1) is 6.33 Å². The molecule has 2 aromatic rings. The minimum absolute atomic E-state index is 0.164. The van der Waals surface area contributed by atoms with Crippen LogP contribution in [0, 0.1) is 0 Å². The van der Waals surface area contributed by atoms with Crippen molar-refractivity contribution in [2.75, 3.05) is 23.8 Å². The Kier molecular flexibility index (Phi) is 9.29. The monoisotopic (exact) mass is 517 g/mol. The van der Waals surface area contributed by atoms with Crippen LogP contribution in [-0.4, -0.2) is 95.3 Å². The summed E-state index contributed by atoms with van der Waals surface area (Å²) >= 11 is 0. The van der Waals surface area contributed by atoms with Crippen molar-refractivity contribution >= 4 is 50.5 Å². The molecule has 1 saturated heterocycles. The van der Waals surface area contributed by atoms with Crippen molar-refractivity contribution in [3.63, 3.8) is 0 Å². The topological polar surface area (TPSA) is 235 Å². The number of carbonyl (C=O) groups excluding carboxylic acids is 1. The van der Waals surface area contributed by atoms with Gasteiger partial charge >= 0.3 is 11.9 Å². The largest absolute Gasteiger partial charge is 0.480 e. The third-order valence-corrected chi connectivity index (χ3v) is 7.59. The zero-order chi connectivity index (χ0) is 24.8. The molecule has 16 heteroatoms. The van der Waals surface area contributed by atoms with E-state index in [1.165, 1.54) is 38.8 Å².